The van der Waals surface area contributed by atoms with Crippen LogP contribution in [0.5, 0.6) is 5.88 Å². The second-order valence-corrected chi connectivity index (χ2v) is 7.41. The first-order valence-corrected chi connectivity index (χ1v) is 9.90. The van der Waals surface area contributed by atoms with Crippen LogP contribution in [0.15, 0.2) is 29.3 Å². The third kappa shape index (κ3) is 4.12. The lowest BCUT2D eigenvalue weighted by Crippen LogP contribution is -2.43. The maximum absolute atomic E-state index is 13.1. The van der Waals surface area contributed by atoms with Gasteiger partial charge in [0.05, 0.1) is 19.9 Å². The molecular formula is C20H25N7O3. The molecule has 10 heteroatoms. The van der Waals surface area contributed by atoms with Crippen molar-refractivity contribution in [1.82, 2.24) is 29.8 Å². The van der Waals surface area contributed by atoms with Crippen LogP contribution in [0.1, 0.15) is 40.2 Å². The lowest BCUT2D eigenvalue weighted by Gasteiger charge is -2.32. The second-order valence-electron chi connectivity index (χ2n) is 7.41. The summed E-state index contributed by atoms with van der Waals surface area (Å²) in [6.45, 7) is 5.48. The molecule has 0 radical (unpaired) electrons. The van der Waals surface area contributed by atoms with Gasteiger partial charge in [0.2, 0.25) is 0 Å². The van der Waals surface area contributed by atoms with Crippen LogP contribution in [0, 0.1) is 13.8 Å². The minimum atomic E-state index is -0.110. The topological polar surface area (TPSA) is 111 Å². The Morgan fingerprint density at radius 1 is 1.27 bits per heavy atom. The fourth-order valence-electron chi connectivity index (χ4n) is 3.60. The number of nitrogens with one attached hydrogen (secondary N) is 1. The number of methoxy groups -OCH3 is 1. The van der Waals surface area contributed by atoms with E-state index in [0.29, 0.717) is 42.8 Å². The standard InChI is InChI=1S/C20H25N7O3/c1-13-10-23-27(11-13)12-16-14(2)30-25-17(16)20(28)26-8-4-15(5-9-26)24-18-19(29-3)22-7-6-21-18/h6-7,10-11,15H,4-5,8-9,12H2,1-3H3,(H,21,24). The zero-order valence-electron chi connectivity index (χ0n) is 17.3. The number of carbonyl (C=O) groups excluding carboxylic acids is 1. The van der Waals surface area contributed by atoms with E-state index in [2.05, 4.69) is 25.5 Å². The fraction of sp³-hybridized carbons (Fsp3) is 0.450. The van der Waals surface area contributed by atoms with E-state index in [4.69, 9.17) is 9.26 Å². The number of aromatic nitrogens is 5. The van der Waals surface area contributed by atoms with Gasteiger partial charge in [0.1, 0.15) is 5.76 Å². The summed E-state index contributed by atoms with van der Waals surface area (Å²) in [6.07, 6.45) is 8.51. The summed E-state index contributed by atoms with van der Waals surface area (Å²) in [5.74, 6) is 1.61. The van der Waals surface area contributed by atoms with Crippen molar-refractivity contribution in [1.29, 1.82) is 0 Å². The van der Waals surface area contributed by atoms with E-state index in [-0.39, 0.29) is 11.9 Å². The predicted molar refractivity (Wildman–Crippen MR) is 108 cm³/mol. The van der Waals surface area contributed by atoms with Gasteiger partial charge in [-0.25, -0.2) is 9.97 Å². The highest BCUT2D eigenvalue weighted by Crippen LogP contribution is 2.23. The molecule has 1 saturated heterocycles. The van der Waals surface area contributed by atoms with Crippen LogP contribution in [0.4, 0.5) is 5.82 Å². The van der Waals surface area contributed by atoms with E-state index in [0.717, 1.165) is 24.0 Å². The summed E-state index contributed by atoms with van der Waals surface area (Å²) >= 11 is 0. The van der Waals surface area contributed by atoms with E-state index < -0.39 is 0 Å². The molecule has 30 heavy (non-hydrogen) atoms. The van der Waals surface area contributed by atoms with Crippen LogP contribution in [-0.4, -0.2) is 62.0 Å². The van der Waals surface area contributed by atoms with Gasteiger partial charge in [0.15, 0.2) is 11.5 Å². The number of amides is 1. The van der Waals surface area contributed by atoms with Gasteiger partial charge in [-0.2, -0.15) is 5.10 Å². The molecule has 10 nitrogen and oxygen atoms in total. The Hall–Kier alpha value is -3.43. The highest BCUT2D eigenvalue weighted by atomic mass is 16.5. The molecule has 158 valence electrons. The zero-order chi connectivity index (χ0) is 21.1. The summed E-state index contributed by atoms with van der Waals surface area (Å²) in [5, 5.41) is 11.7. The van der Waals surface area contributed by atoms with Gasteiger partial charge in [0.25, 0.3) is 11.8 Å². The van der Waals surface area contributed by atoms with Crippen LogP contribution in [0.2, 0.25) is 0 Å². The average molecular weight is 411 g/mol. The Labute approximate surface area is 174 Å². The minimum absolute atomic E-state index is 0.110. The van der Waals surface area contributed by atoms with Crippen molar-refractivity contribution >= 4 is 11.7 Å². The first kappa shape index (κ1) is 19.9. The van der Waals surface area contributed by atoms with Crippen LogP contribution < -0.4 is 10.1 Å². The van der Waals surface area contributed by atoms with Crippen LogP contribution in [0.3, 0.4) is 0 Å². The number of rotatable bonds is 6. The van der Waals surface area contributed by atoms with E-state index in [1.165, 1.54) is 0 Å². The smallest absolute Gasteiger partial charge is 0.276 e. The lowest BCUT2D eigenvalue weighted by molar-refractivity contribution is 0.0706. The van der Waals surface area contributed by atoms with Crippen molar-refractivity contribution in [3.05, 3.63) is 47.4 Å². The molecule has 0 aromatic carbocycles. The number of nitrogens with zero attached hydrogens (tertiary/aromatic N) is 6. The maximum atomic E-state index is 13.1. The molecule has 1 amide bonds. The summed E-state index contributed by atoms with van der Waals surface area (Å²) in [6, 6.07) is 0.185. The summed E-state index contributed by atoms with van der Waals surface area (Å²) in [4.78, 5) is 23.4. The molecule has 1 fully saturated rings. The van der Waals surface area contributed by atoms with Crippen LogP contribution >= 0.6 is 0 Å². The van der Waals surface area contributed by atoms with Gasteiger partial charge < -0.3 is 19.5 Å². The van der Waals surface area contributed by atoms with Crippen LogP contribution in [0.25, 0.3) is 0 Å². The summed E-state index contributed by atoms with van der Waals surface area (Å²) in [5.41, 5.74) is 2.20. The van der Waals surface area contributed by atoms with Gasteiger partial charge in [0, 0.05) is 43.3 Å². The number of carbonyl (C=O) groups is 1. The van der Waals surface area contributed by atoms with Gasteiger partial charge >= 0.3 is 0 Å². The number of likely N-dealkylation sites (tertiary alicyclic amines) is 1. The van der Waals surface area contributed by atoms with Crippen molar-refractivity contribution in [3.63, 3.8) is 0 Å². The molecule has 1 aliphatic rings. The SMILES string of the molecule is COc1nccnc1NC1CCN(C(=O)c2noc(C)c2Cn2cc(C)cn2)CC1. The molecule has 0 saturated carbocycles. The Balaban J connectivity index is 1.40. The van der Waals surface area contributed by atoms with Crippen LogP contribution in [-0.2, 0) is 6.54 Å². The van der Waals surface area contributed by atoms with E-state index in [1.807, 2.05) is 24.9 Å². The predicted octanol–water partition coefficient (Wildman–Crippen LogP) is 2.05. The van der Waals surface area contributed by atoms with Gasteiger partial charge in [-0.15, -0.1) is 0 Å². The highest BCUT2D eigenvalue weighted by Gasteiger charge is 2.29. The van der Waals surface area contributed by atoms with Gasteiger partial charge in [-0.05, 0) is 32.3 Å². The number of hydrogen-bond donors (Lipinski definition) is 1. The highest BCUT2D eigenvalue weighted by molar-refractivity contribution is 5.94. The molecule has 0 atom stereocenters. The number of piperidine rings is 1. The molecule has 1 N–H and O–H groups in total. The molecular weight excluding hydrogens is 386 g/mol. The Kier molecular flexibility index (Phi) is 5.64. The minimum Gasteiger partial charge on any atom is -0.478 e. The third-order valence-corrected chi connectivity index (χ3v) is 5.25. The summed E-state index contributed by atoms with van der Waals surface area (Å²) < 4.78 is 12.4. The molecule has 4 rings (SSSR count). The summed E-state index contributed by atoms with van der Waals surface area (Å²) in [7, 11) is 1.57. The van der Waals surface area contributed by atoms with Crippen molar-refractivity contribution < 1.29 is 14.1 Å². The largest absolute Gasteiger partial charge is 0.478 e. The third-order valence-electron chi connectivity index (χ3n) is 5.25. The molecule has 1 aliphatic heterocycles. The van der Waals surface area contributed by atoms with Crippen molar-refractivity contribution in [2.45, 2.75) is 39.3 Å². The normalized spacial score (nSPS) is 14.7. The zero-order valence-corrected chi connectivity index (χ0v) is 17.3. The Bertz CT molecular complexity index is 1020. The molecule has 0 spiro atoms. The Morgan fingerprint density at radius 2 is 2.03 bits per heavy atom. The quantitative estimate of drug-likeness (QED) is 0.656. The second kappa shape index (κ2) is 8.52. The van der Waals surface area contributed by atoms with Gasteiger partial charge in [-0.3, -0.25) is 9.48 Å². The first-order valence-electron chi connectivity index (χ1n) is 9.90. The van der Waals surface area contributed by atoms with Crippen molar-refractivity contribution in [2.24, 2.45) is 0 Å². The van der Waals surface area contributed by atoms with Gasteiger partial charge in [-0.1, -0.05) is 5.16 Å². The first-order chi connectivity index (χ1) is 14.5. The average Bonchev–Trinajstić information content (AvgIpc) is 3.34. The lowest BCUT2D eigenvalue weighted by atomic mass is 10.0. The molecule has 4 heterocycles. The van der Waals surface area contributed by atoms with Crippen molar-refractivity contribution in [2.75, 3.05) is 25.5 Å². The fourth-order valence-corrected chi connectivity index (χ4v) is 3.60. The molecule has 3 aromatic rings. The molecule has 0 unspecified atom stereocenters. The molecule has 0 bridgehead atoms. The van der Waals surface area contributed by atoms with E-state index in [1.54, 1.807) is 30.4 Å². The monoisotopic (exact) mass is 411 g/mol. The number of anilines is 1. The number of hydrogen-bond acceptors (Lipinski definition) is 8. The van der Waals surface area contributed by atoms with Crippen molar-refractivity contribution in [3.8, 4) is 5.88 Å². The molecule has 0 aliphatic carbocycles. The van der Waals surface area contributed by atoms with E-state index in [9.17, 15) is 4.79 Å². The number of ether oxygens (including phenoxy) is 1. The Morgan fingerprint density at radius 3 is 2.73 bits per heavy atom. The molecule has 3 aromatic heterocycles. The number of aryl methyl sites for hydroxylation is 2. The maximum Gasteiger partial charge on any atom is 0.276 e. The van der Waals surface area contributed by atoms with E-state index >= 15 is 0 Å².